The van der Waals surface area contributed by atoms with Gasteiger partial charge in [-0.2, -0.15) is 0 Å². The van der Waals surface area contributed by atoms with Crippen molar-refractivity contribution in [3.63, 3.8) is 0 Å². The van der Waals surface area contributed by atoms with Gasteiger partial charge < -0.3 is 9.84 Å². The summed E-state index contributed by atoms with van der Waals surface area (Å²) >= 11 is 0. The van der Waals surface area contributed by atoms with Crippen molar-refractivity contribution < 1.29 is 14.6 Å². The van der Waals surface area contributed by atoms with E-state index in [2.05, 4.69) is 26.8 Å². The minimum atomic E-state index is -0.729. The first-order chi connectivity index (χ1) is 8.56. The number of hydrogen-bond donors (Lipinski definition) is 1. The molecular formula is C15H22O3. The normalized spacial score (nSPS) is 10.4. The highest BCUT2D eigenvalue weighted by Gasteiger charge is 2.07. The minimum absolute atomic E-state index is 0.229. The third-order valence-electron chi connectivity index (χ3n) is 3.15. The number of carbonyl (C=O) groups is 1. The minimum Gasteiger partial charge on any atom is -0.493 e. The van der Waals surface area contributed by atoms with Gasteiger partial charge >= 0.3 is 5.97 Å². The van der Waals surface area contributed by atoms with Gasteiger partial charge in [-0.3, -0.25) is 4.79 Å². The number of rotatable bonds is 7. The number of aliphatic carboxylic acids is 1. The van der Waals surface area contributed by atoms with Gasteiger partial charge in [-0.1, -0.05) is 13.0 Å². The summed E-state index contributed by atoms with van der Waals surface area (Å²) in [5.41, 5.74) is 3.60. The first-order valence-corrected chi connectivity index (χ1v) is 6.50. The Morgan fingerprint density at radius 3 is 2.61 bits per heavy atom. The smallest absolute Gasteiger partial charge is 0.303 e. The average Bonchev–Trinajstić information content (AvgIpc) is 2.33. The molecule has 0 atom stereocenters. The molecule has 0 amide bonds. The number of carboxylic acids is 1. The van der Waals surface area contributed by atoms with E-state index in [0.717, 1.165) is 30.8 Å². The lowest BCUT2D eigenvalue weighted by Crippen LogP contribution is -2.01. The van der Waals surface area contributed by atoms with Crippen molar-refractivity contribution in [2.24, 2.45) is 0 Å². The Bertz CT molecular complexity index is 410. The van der Waals surface area contributed by atoms with Crippen molar-refractivity contribution in [1.82, 2.24) is 0 Å². The van der Waals surface area contributed by atoms with E-state index in [9.17, 15) is 4.79 Å². The summed E-state index contributed by atoms with van der Waals surface area (Å²) in [7, 11) is 0. The molecule has 0 radical (unpaired) electrons. The van der Waals surface area contributed by atoms with Gasteiger partial charge in [0.15, 0.2) is 0 Å². The average molecular weight is 250 g/mol. The summed E-state index contributed by atoms with van der Waals surface area (Å²) < 4.78 is 5.67. The Morgan fingerprint density at radius 2 is 2.00 bits per heavy atom. The standard InChI is InChI=1S/C15H22O3/c1-4-10-18-14-9-8-13(11(2)12(14)3)6-5-7-15(16)17/h8-9H,4-7,10H2,1-3H3,(H,16,17). The Hall–Kier alpha value is -1.51. The zero-order valence-electron chi connectivity index (χ0n) is 11.5. The second-order valence-corrected chi connectivity index (χ2v) is 4.57. The maximum absolute atomic E-state index is 10.5. The second kappa shape index (κ2) is 7.04. The van der Waals surface area contributed by atoms with Crippen LogP contribution in [0.25, 0.3) is 0 Å². The molecule has 0 saturated heterocycles. The maximum Gasteiger partial charge on any atom is 0.303 e. The van der Waals surface area contributed by atoms with Crippen LogP contribution >= 0.6 is 0 Å². The molecule has 0 aromatic heterocycles. The van der Waals surface area contributed by atoms with Crippen molar-refractivity contribution in [3.8, 4) is 5.75 Å². The van der Waals surface area contributed by atoms with Gasteiger partial charge in [-0.25, -0.2) is 0 Å². The van der Waals surface area contributed by atoms with Gasteiger partial charge in [0, 0.05) is 6.42 Å². The Morgan fingerprint density at radius 1 is 1.28 bits per heavy atom. The van der Waals surface area contributed by atoms with E-state index in [4.69, 9.17) is 9.84 Å². The molecule has 0 saturated carbocycles. The molecular weight excluding hydrogens is 228 g/mol. The predicted molar refractivity (Wildman–Crippen MR) is 72.3 cm³/mol. The third kappa shape index (κ3) is 4.06. The van der Waals surface area contributed by atoms with Crippen LogP contribution in [0.15, 0.2) is 12.1 Å². The SMILES string of the molecule is CCCOc1ccc(CCCC(=O)O)c(C)c1C. The summed E-state index contributed by atoms with van der Waals surface area (Å²) in [5.74, 6) is 0.212. The quantitative estimate of drug-likeness (QED) is 0.805. The van der Waals surface area contributed by atoms with Gasteiger partial charge in [-0.15, -0.1) is 0 Å². The fourth-order valence-corrected chi connectivity index (χ4v) is 1.92. The molecule has 0 aliphatic heterocycles. The van der Waals surface area contributed by atoms with Crippen molar-refractivity contribution in [3.05, 3.63) is 28.8 Å². The predicted octanol–water partition coefficient (Wildman–Crippen LogP) is 3.50. The lowest BCUT2D eigenvalue weighted by molar-refractivity contribution is -0.137. The molecule has 100 valence electrons. The molecule has 1 rings (SSSR count). The van der Waals surface area contributed by atoms with Crippen LogP contribution in [0.3, 0.4) is 0 Å². The van der Waals surface area contributed by atoms with Gasteiger partial charge in [0.1, 0.15) is 5.75 Å². The lowest BCUT2D eigenvalue weighted by atomic mass is 9.98. The van der Waals surface area contributed by atoms with Gasteiger partial charge in [0.25, 0.3) is 0 Å². The Labute approximate surface area is 109 Å². The van der Waals surface area contributed by atoms with E-state index >= 15 is 0 Å². The summed E-state index contributed by atoms with van der Waals surface area (Å²) in [5, 5.41) is 8.64. The molecule has 3 heteroatoms. The molecule has 1 aromatic rings. The molecule has 1 N–H and O–H groups in total. The van der Waals surface area contributed by atoms with E-state index in [1.807, 2.05) is 6.07 Å². The largest absolute Gasteiger partial charge is 0.493 e. The second-order valence-electron chi connectivity index (χ2n) is 4.57. The summed E-state index contributed by atoms with van der Waals surface area (Å²) in [6.45, 7) is 6.95. The molecule has 0 fully saturated rings. The van der Waals surface area contributed by atoms with Crippen LogP contribution in [0.4, 0.5) is 0 Å². The topological polar surface area (TPSA) is 46.5 Å². The van der Waals surface area contributed by atoms with Crippen LogP contribution in [0, 0.1) is 13.8 Å². The molecule has 0 heterocycles. The van der Waals surface area contributed by atoms with Crippen LogP contribution in [0.5, 0.6) is 5.75 Å². The monoisotopic (exact) mass is 250 g/mol. The lowest BCUT2D eigenvalue weighted by Gasteiger charge is -2.14. The number of benzene rings is 1. The van der Waals surface area contributed by atoms with Crippen LogP contribution in [0.2, 0.25) is 0 Å². The fraction of sp³-hybridized carbons (Fsp3) is 0.533. The van der Waals surface area contributed by atoms with Crippen molar-refractivity contribution in [1.29, 1.82) is 0 Å². The van der Waals surface area contributed by atoms with Crippen LogP contribution in [-0.2, 0) is 11.2 Å². The van der Waals surface area contributed by atoms with Crippen molar-refractivity contribution in [2.75, 3.05) is 6.61 Å². The van der Waals surface area contributed by atoms with Gasteiger partial charge in [0.2, 0.25) is 0 Å². The van der Waals surface area contributed by atoms with E-state index in [-0.39, 0.29) is 6.42 Å². The van der Waals surface area contributed by atoms with Crippen LogP contribution < -0.4 is 4.74 Å². The van der Waals surface area contributed by atoms with Crippen molar-refractivity contribution in [2.45, 2.75) is 46.5 Å². The Balaban J connectivity index is 2.71. The first-order valence-electron chi connectivity index (χ1n) is 6.50. The zero-order chi connectivity index (χ0) is 13.5. The van der Waals surface area contributed by atoms with E-state index < -0.39 is 5.97 Å². The maximum atomic E-state index is 10.5. The molecule has 0 aliphatic rings. The highest BCUT2D eigenvalue weighted by molar-refractivity contribution is 5.66. The molecule has 1 aromatic carbocycles. The number of carboxylic acid groups (broad SMARTS) is 1. The van der Waals surface area contributed by atoms with E-state index in [0.29, 0.717) is 6.42 Å². The zero-order valence-corrected chi connectivity index (χ0v) is 11.5. The highest BCUT2D eigenvalue weighted by atomic mass is 16.5. The molecule has 18 heavy (non-hydrogen) atoms. The van der Waals surface area contributed by atoms with Crippen molar-refractivity contribution >= 4 is 5.97 Å². The number of aryl methyl sites for hydroxylation is 1. The molecule has 0 spiro atoms. The molecule has 0 bridgehead atoms. The number of ether oxygens (including phenoxy) is 1. The first kappa shape index (κ1) is 14.6. The summed E-state index contributed by atoms with van der Waals surface area (Å²) in [6.07, 6.45) is 2.73. The van der Waals surface area contributed by atoms with Gasteiger partial charge in [0.05, 0.1) is 6.61 Å². The van der Waals surface area contributed by atoms with Crippen LogP contribution in [-0.4, -0.2) is 17.7 Å². The summed E-state index contributed by atoms with van der Waals surface area (Å²) in [6, 6.07) is 4.04. The third-order valence-corrected chi connectivity index (χ3v) is 3.15. The Kier molecular flexibility index (Phi) is 5.69. The molecule has 0 aliphatic carbocycles. The van der Waals surface area contributed by atoms with E-state index in [1.54, 1.807) is 0 Å². The molecule has 3 nitrogen and oxygen atoms in total. The number of hydrogen-bond acceptors (Lipinski definition) is 2. The van der Waals surface area contributed by atoms with Gasteiger partial charge in [-0.05, 0) is 55.9 Å². The fourth-order valence-electron chi connectivity index (χ4n) is 1.92. The van der Waals surface area contributed by atoms with E-state index in [1.165, 1.54) is 11.1 Å². The highest BCUT2D eigenvalue weighted by Crippen LogP contribution is 2.25. The molecule has 0 unspecified atom stereocenters. The summed E-state index contributed by atoms with van der Waals surface area (Å²) in [4.78, 5) is 10.5. The van der Waals surface area contributed by atoms with Crippen LogP contribution in [0.1, 0.15) is 42.9 Å².